The predicted molar refractivity (Wildman–Crippen MR) is 105 cm³/mol. The minimum Gasteiger partial charge on any atom is -0.332 e. The Balaban J connectivity index is 1.64. The van der Waals surface area contributed by atoms with Gasteiger partial charge in [-0.25, -0.2) is 4.98 Å². The van der Waals surface area contributed by atoms with Crippen LogP contribution in [-0.4, -0.2) is 10.9 Å². The Morgan fingerprint density at radius 3 is 2.64 bits per heavy atom. The minimum absolute atomic E-state index is 0.0775. The SMILES string of the molecule is Cc1cccc(NC(=O)Cc2csc(Nc3cccc(C(F)(F)F)c3)n2)c1C. The molecule has 0 aliphatic carbocycles. The number of nitrogens with zero attached hydrogens (tertiary/aromatic N) is 1. The monoisotopic (exact) mass is 405 g/mol. The van der Waals surface area contributed by atoms with Gasteiger partial charge >= 0.3 is 6.18 Å². The van der Waals surface area contributed by atoms with E-state index < -0.39 is 11.7 Å². The topological polar surface area (TPSA) is 54.0 Å². The molecule has 28 heavy (non-hydrogen) atoms. The molecular formula is C20H18F3N3OS. The van der Waals surface area contributed by atoms with Crippen molar-refractivity contribution in [3.8, 4) is 0 Å². The number of halogens is 3. The Morgan fingerprint density at radius 1 is 1.14 bits per heavy atom. The second kappa shape index (κ2) is 8.02. The predicted octanol–water partition coefficient (Wildman–Crippen LogP) is 5.70. The van der Waals surface area contributed by atoms with Gasteiger partial charge in [-0.05, 0) is 49.2 Å². The van der Waals surface area contributed by atoms with Gasteiger partial charge < -0.3 is 10.6 Å². The third kappa shape index (κ3) is 4.89. The Morgan fingerprint density at radius 2 is 1.89 bits per heavy atom. The van der Waals surface area contributed by atoms with Crippen molar-refractivity contribution in [1.29, 1.82) is 0 Å². The van der Waals surface area contributed by atoms with Crippen LogP contribution in [-0.2, 0) is 17.4 Å². The lowest BCUT2D eigenvalue weighted by molar-refractivity contribution is -0.137. The molecule has 3 rings (SSSR count). The first-order valence-corrected chi connectivity index (χ1v) is 9.35. The maximum absolute atomic E-state index is 12.8. The quantitative estimate of drug-likeness (QED) is 0.572. The maximum atomic E-state index is 12.8. The van der Waals surface area contributed by atoms with E-state index in [1.165, 1.54) is 23.5 Å². The summed E-state index contributed by atoms with van der Waals surface area (Å²) in [5, 5.41) is 7.85. The molecule has 1 amide bonds. The molecule has 1 heterocycles. The molecule has 0 bridgehead atoms. The van der Waals surface area contributed by atoms with Crippen LogP contribution in [0.2, 0.25) is 0 Å². The summed E-state index contributed by atoms with van der Waals surface area (Å²) < 4.78 is 38.4. The summed E-state index contributed by atoms with van der Waals surface area (Å²) in [6, 6.07) is 10.6. The highest BCUT2D eigenvalue weighted by Crippen LogP contribution is 2.31. The Bertz CT molecular complexity index is 998. The summed E-state index contributed by atoms with van der Waals surface area (Å²) in [6.07, 6.45) is -4.33. The van der Waals surface area contributed by atoms with E-state index in [0.717, 1.165) is 28.9 Å². The highest BCUT2D eigenvalue weighted by Gasteiger charge is 2.30. The van der Waals surface area contributed by atoms with Crippen LogP contribution in [0, 0.1) is 13.8 Å². The standard InChI is InChI=1S/C20H18F3N3OS/c1-12-5-3-8-17(13(12)2)26-18(27)10-16-11-28-19(25-16)24-15-7-4-6-14(9-15)20(21,22)23/h3-9,11H,10H2,1-2H3,(H,24,25)(H,26,27). The number of aryl methyl sites for hydroxylation is 1. The first-order chi connectivity index (χ1) is 13.2. The van der Waals surface area contributed by atoms with Gasteiger partial charge in [0.2, 0.25) is 5.91 Å². The van der Waals surface area contributed by atoms with Gasteiger partial charge in [0.05, 0.1) is 17.7 Å². The molecule has 3 aromatic rings. The molecule has 1 aromatic heterocycles. The summed E-state index contributed by atoms with van der Waals surface area (Å²) in [5.41, 5.74) is 2.93. The van der Waals surface area contributed by atoms with E-state index in [1.807, 2.05) is 32.0 Å². The summed E-state index contributed by atoms with van der Waals surface area (Å²) in [5.74, 6) is -0.204. The molecule has 2 N–H and O–H groups in total. The highest BCUT2D eigenvalue weighted by atomic mass is 32.1. The molecule has 4 nitrogen and oxygen atoms in total. The van der Waals surface area contributed by atoms with Gasteiger partial charge in [-0.15, -0.1) is 11.3 Å². The van der Waals surface area contributed by atoms with Crippen LogP contribution in [0.5, 0.6) is 0 Å². The third-order valence-corrected chi connectivity index (χ3v) is 5.02. The fourth-order valence-corrected chi connectivity index (χ4v) is 3.32. The molecule has 0 aliphatic rings. The maximum Gasteiger partial charge on any atom is 0.416 e. The number of hydrogen-bond donors (Lipinski definition) is 2. The molecule has 146 valence electrons. The second-order valence-corrected chi connectivity index (χ2v) is 7.18. The second-order valence-electron chi connectivity index (χ2n) is 6.32. The van der Waals surface area contributed by atoms with Gasteiger partial charge in [0, 0.05) is 16.8 Å². The van der Waals surface area contributed by atoms with Crippen LogP contribution in [0.3, 0.4) is 0 Å². The Hall–Kier alpha value is -2.87. The number of carbonyl (C=O) groups is 1. The first-order valence-electron chi connectivity index (χ1n) is 8.47. The summed E-state index contributed by atoms with van der Waals surface area (Å²) in [6.45, 7) is 3.90. The van der Waals surface area contributed by atoms with Gasteiger partial charge in [-0.2, -0.15) is 13.2 Å². The number of anilines is 3. The van der Waals surface area contributed by atoms with Crippen LogP contribution in [0.1, 0.15) is 22.4 Å². The average molecular weight is 405 g/mol. The molecule has 0 saturated heterocycles. The first kappa shape index (κ1) is 19.9. The fourth-order valence-electron chi connectivity index (χ4n) is 2.59. The van der Waals surface area contributed by atoms with Crippen molar-refractivity contribution in [3.63, 3.8) is 0 Å². The molecule has 0 radical (unpaired) electrons. The lowest BCUT2D eigenvalue weighted by Crippen LogP contribution is -2.15. The fraction of sp³-hybridized carbons (Fsp3) is 0.200. The van der Waals surface area contributed by atoms with Crippen molar-refractivity contribution in [3.05, 3.63) is 70.2 Å². The summed E-state index contributed by atoms with van der Waals surface area (Å²) in [7, 11) is 0. The van der Waals surface area contributed by atoms with Crippen LogP contribution >= 0.6 is 11.3 Å². The van der Waals surface area contributed by atoms with Crippen LogP contribution in [0.15, 0.2) is 47.8 Å². The number of nitrogens with one attached hydrogen (secondary N) is 2. The van der Waals surface area contributed by atoms with E-state index >= 15 is 0 Å². The van der Waals surface area contributed by atoms with E-state index in [2.05, 4.69) is 15.6 Å². The number of aromatic nitrogens is 1. The highest BCUT2D eigenvalue weighted by molar-refractivity contribution is 7.13. The number of carbonyl (C=O) groups excluding carboxylic acids is 1. The van der Waals surface area contributed by atoms with Crippen LogP contribution in [0.25, 0.3) is 0 Å². The zero-order chi connectivity index (χ0) is 20.3. The summed E-state index contributed by atoms with van der Waals surface area (Å²) >= 11 is 1.23. The molecule has 0 atom stereocenters. The van der Waals surface area contributed by atoms with E-state index in [0.29, 0.717) is 10.8 Å². The van der Waals surface area contributed by atoms with Gasteiger partial charge in [-0.1, -0.05) is 18.2 Å². The Labute approximate surface area is 164 Å². The van der Waals surface area contributed by atoms with Crippen molar-refractivity contribution < 1.29 is 18.0 Å². The lowest BCUT2D eigenvalue weighted by Gasteiger charge is -2.10. The van der Waals surface area contributed by atoms with E-state index in [4.69, 9.17) is 0 Å². The average Bonchev–Trinajstić information content (AvgIpc) is 3.05. The van der Waals surface area contributed by atoms with Crippen molar-refractivity contribution in [2.45, 2.75) is 26.4 Å². The van der Waals surface area contributed by atoms with Crippen molar-refractivity contribution >= 4 is 33.8 Å². The van der Waals surface area contributed by atoms with Crippen molar-refractivity contribution in [2.24, 2.45) is 0 Å². The Kier molecular flexibility index (Phi) is 5.69. The van der Waals surface area contributed by atoms with E-state index in [1.54, 1.807) is 5.38 Å². The lowest BCUT2D eigenvalue weighted by atomic mass is 10.1. The number of amides is 1. The molecule has 0 fully saturated rings. The van der Waals surface area contributed by atoms with Gasteiger partial charge in [0.15, 0.2) is 5.13 Å². The molecule has 0 unspecified atom stereocenters. The molecule has 0 aliphatic heterocycles. The van der Waals surface area contributed by atoms with Crippen LogP contribution in [0.4, 0.5) is 29.7 Å². The number of rotatable bonds is 5. The summed E-state index contributed by atoms with van der Waals surface area (Å²) in [4.78, 5) is 16.6. The third-order valence-electron chi connectivity index (χ3n) is 4.21. The molecular weight excluding hydrogens is 387 g/mol. The smallest absolute Gasteiger partial charge is 0.332 e. The van der Waals surface area contributed by atoms with E-state index in [9.17, 15) is 18.0 Å². The van der Waals surface area contributed by atoms with Gasteiger partial charge in [0.1, 0.15) is 0 Å². The van der Waals surface area contributed by atoms with Crippen LogP contribution < -0.4 is 10.6 Å². The number of alkyl halides is 3. The molecule has 2 aromatic carbocycles. The van der Waals surface area contributed by atoms with E-state index in [-0.39, 0.29) is 18.0 Å². The molecule has 0 saturated carbocycles. The van der Waals surface area contributed by atoms with Gasteiger partial charge in [-0.3, -0.25) is 4.79 Å². The molecule has 8 heteroatoms. The zero-order valence-electron chi connectivity index (χ0n) is 15.2. The largest absolute Gasteiger partial charge is 0.416 e. The minimum atomic E-state index is -4.41. The molecule has 0 spiro atoms. The number of hydrogen-bond acceptors (Lipinski definition) is 4. The van der Waals surface area contributed by atoms with Gasteiger partial charge in [0.25, 0.3) is 0 Å². The zero-order valence-corrected chi connectivity index (χ0v) is 16.0. The number of benzene rings is 2. The number of thiazole rings is 1. The normalized spacial score (nSPS) is 11.3. The van der Waals surface area contributed by atoms with Crippen molar-refractivity contribution in [2.75, 3.05) is 10.6 Å². The van der Waals surface area contributed by atoms with Crippen molar-refractivity contribution in [1.82, 2.24) is 4.98 Å².